The molecule has 0 fully saturated rings. The maximum Gasteiger partial charge on any atom is 0.313 e. The van der Waals surface area contributed by atoms with Crippen molar-refractivity contribution in [3.05, 3.63) is 10.6 Å². The normalized spacial score (nSPS) is 15.5. The molecule has 4 heteroatoms. The number of hydrogen-bond donors (Lipinski definition) is 0. The molecule has 0 bridgehead atoms. The van der Waals surface area contributed by atoms with Crippen molar-refractivity contribution in [1.29, 1.82) is 0 Å². The minimum Gasteiger partial charge on any atom is -0.305 e. The van der Waals surface area contributed by atoms with E-state index in [1.165, 1.54) is 23.4 Å². The maximum atomic E-state index is 5.02. The number of rotatable bonds is 3. The van der Waals surface area contributed by atoms with Crippen molar-refractivity contribution in [3.63, 3.8) is 0 Å². The van der Waals surface area contributed by atoms with Gasteiger partial charge in [0.05, 0.1) is 12.3 Å². The monoisotopic (exact) mass is 199 g/mol. The second-order valence-electron chi connectivity index (χ2n) is 3.05. The molecule has 1 aromatic rings. The highest BCUT2D eigenvalue weighted by atomic mass is 32.1. The second kappa shape index (κ2) is 4.07. The molecule has 0 spiro atoms. The third kappa shape index (κ3) is 2.00. The molecular formula is C9H13NO2S. The molecule has 0 aliphatic heterocycles. The van der Waals surface area contributed by atoms with Gasteiger partial charge in [-0.1, -0.05) is 11.3 Å². The Labute approximate surface area is 81.6 Å². The molecule has 2 rings (SSSR count). The number of hydrogen-bond acceptors (Lipinski definition) is 4. The number of nitrogens with zero attached hydrogens (tertiary/aromatic N) is 1. The van der Waals surface area contributed by atoms with Crippen molar-refractivity contribution in [1.82, 2.24) is 4.98 Å². The van der Waals surface area contributed by atoms with Crippen molar-refractivity contribution in [3.8, 4) is 5.19 Å². The first-order valence-corrected chi connectivity index (χ1v) is 5.50. The standard InChI is InChI=1S/C9H13NO2S/c1-2-11-12-9-10-7-5-3-4-6-8(7)13-9/h2-6H2,1H3. The second-order valence-corrected chi connectivity index (χ2v) is 4.09. The highest BCUT2D eigenvalue weighted by Crippen LogP contribution is 2.30. The quantitative estimate of drug-likeness (QED) is 0.553. The molecule has 0 N–H and O–H groups in total. The van der Waals surface area contributed by atoms with Crippen LogP contribution in [0.15, 0.2) is 0 Å². The molecule has 0 amide bonds. The molecule has 1 aliphatic rings. The molecule has 3 nitrogen and oxygen atoms in total. The SMILES string of the molecule is CCOOc1nc2c(s1)CCCC2. The average Bonchev–Trinajstić information content (AvgIpc) is 2.57. The van der Waals surface area contributed by atoms with Crippen molar-refractivity contribution in [2.24, 2.45) is 0 Å². The Morgan fingerprint density at radius 1 is 1.38 bits per heavy atom. The fourth-order valence-corrected chi connectivity index (χ4v) is 2.43. The van der Waals surface area contributed by atoms with E-state index in [2.05, 4.69) is 4.98 Å². The third-order valence-corrected chi connectivity index (χ3v) is 3.09. The van der Waals surface area contributed by atoms with E-state index in [1.807, 2.05) is 6.92 Å². The summed E-state index contributed by atoms with van der Waals surface area (Å²) in [6, 6.07) is 0. The zero-order valence-electron chi connectivity index (χ0n) is 7.71. The van der Waals surface area contributed by atoms with E-state index in [4.69, 9.17) is 9.78 Å². The fraction of sp³-hybridized carbons (Fsp3) is 0.667. The molecule has 72 valence electrons. The summed E-state index contributed by atoms with van der Waals surface area (Å²) in [5, 5.41) is 0.661. The van der Waals surface area contributed by atoms with E-state index in [-0.39, 0.29) is 0 Å². The summed E-state index contributed by atoms with van der Waals surface area (Å²) in [6.07, 6.45) is 4.79. The summed E-state index contributed by atoms with van der Waals surface area (Å²) in [4.78, 5) is 15.6. The van der Waals surface area contributed by atoms with E-state index in [1.54, 1.807) is 11.3 Å². The van der Waals surface area contributed by atoms with E-state index in [0.717, 1.165) is 12.8 Å². The number of aromatic nitrogens is 1. The van der Waals surface area contributed by atoms with Crippen molar-refractivity contribution in [2.45, 2.75) is 32.6 Å². The van der Waals surface area contributed by atoms with Gasteiger partial charge in [-0.2, -0.15) is 4.89 Å². The Morgan fingerprint density at radius 2 is 2.23 bits per heavy atom. The zero-order chi connectivity index (χ0) is 9.10. The van der Waals surface area contributed by atoms with E-state index < -0.39 is 0 Å². The lowest BCUT2D eigenvalue weighted by Crippen LogP contribution is -1.99. The topological polar surface area (TPSA) is 31.4 Å². The maximum absolute atomic E-state index is 5.02. The molecule has 13 heavy (non-hydrogen) atoms. The smallest absolute Gasteiger partial charge is 0.305 e. The van der Waals surface area contributed by atoms with Gasteiger partial charge in [0.2, 0.25) is 0 Å². The van der Waals surface area contributed by atoms with Gasteiger partial charge in [0.1, 0.15) is 0 Å². The number of fused-ring (bicyclic) bond motifs is 1. The molecule has 0 saturated carbocycles. The molecule has 1 aromatic heterocycles. The predicted molar refractivity (Wildman–Crippen MR) is 51.0 cm³/mol. The summed E-state index contributed by atoms with van der Waals surface area (Å²) in [6.45, 7) is 2.46. The van der Waals surface area contributed by atoms with Crippen LogP contribution in [-0.2, 0) is 17.7 Å². The van der Waals surface area contributed by atoms with Crippen LogP contribution >= 0.6 is 11.3 Å². The van der Waals surface area contributed by atoms with Crippen LogP contribution in [0.1, 0.15) is 30.3 Å². The Hall–Kier alpha value is -0.610. The summed E-state index contributed by atoms with van der Waals surface area (Å²) < 4.78 is 0. The van der Waals surface area contributed by atoms with E-state index in [0.29, 0.717) is 11.8 Å². The minimum atomic E-state index is 0.560. The Bertz CT molecular complexity index is 262. The third-order valence-electron chi connectivity index (χ3n) is 2.07. The lowest BCUT2D eigenvalue weighted by Gasteiger charge is -2.06. The first-order chi connectivity index (χ1) is 6.40. The molecule has 1 aliphatic carbocycles. The van der Waals surface area contributed by atoms with Crippen LogP contribution in [0.5, 0.6) is 5.19 Å². The summed E-state index contributed by atoms with van der Waals surface area (Å²) in [5.74, 6) is 0. The molecule has 0 unspecified atom stereocenters. The zero-order valence-corrected chi connectivity index (χ0v) is 8.52. The van der Waals surface area contributed by atoms with Gasteiger partial charge in [-0.15, -0.1) is 0 Å². The van der Waals surface area contributed by atoms with Crippen LogP contribution in [0.25, 0.3) is 0 Å². The highest BCUT2D eigenvalue weighted by Gasteiger charge is 2.15. The molecule has 0 saturated heterocycles. The predicted octanol–water partition coefficient (Wildman–Crippen LogP) is 2.35. The van der Waals surface area contributed by atoms with Crippen LogP contribution in [0, 0.1) is 0 Å². The number of thiazole rings is 1. The van der Waals surface area contributed by atoms with Gasteiger partial charge in [0.15, 0.2) is 0 Å². The van der Waals surface area contributed by atoms with Gasteiger partial charge in [0, 0.05) is 4.88 Å². The molecular weight excluding hydrogens is 186 g/mol. The first-order valence-electron chi connectivity index (χ1n) is 4.68. The Balaban J connectivity index is 2.07. The summed E-state index contributed by atoms with van der Waals surface area (Å²) >= 11 is 1.62. The van der Waals surface area contributed by atoms with E-state index >= 15 is 0 Å². The first kappa shape index (κ1) is 8.97. The van der Waals surface area contributed by atoms with Gasteiger partial charge >= 0.3 is 5.19 Å². The summed E-state index contributed by atoms with van der Waals surface area (Å²) in [5.41, 5.74) is 1.21. The van der Waals surface area contributed by atoms with Crippen molar-refractivity contribution < 1.29 is 9.78 Å². The van der Waals surface area contributed by atoms with Crippen molar-refractivity contribution >= 4 is 11.3 Å². The lowest BCUT2D eigenvalue weighted by molar-refractivity contribution is -0.202. The van der Waals surface area contributed by atoms with Gasteiger partial charge in [0.25, 0.3) is 0 Å². The average molecular weight is 199 g/mol. The molecule has 0 aromatic carbocycles. The minimum absolute atomic E-state index is 0.560. The van der Waals surface area contributed by atoms with Crippen LogP contribution in [0.4, 0.5) is 0 Å². The van der Waals surface area contributed by atoms with Gasteiger partial charge in [-0.3, -0.25) is 0 Å². The van der Waals surface area contributed by atoms with Crippen LogP contribution in [-0.4, -0.2) is 11.6 Å². The summed E-state index contributed by atoms with van der Waals surface area (Å²) in [7, 11) is 0. The molecule has 1 heterocycles. The van der Waals surface area contributed by atoms with E-state index in [9.17, 15) is 0 Å². The largest absolute Gasteiger partial charge is 0.313 e. The number of aryl methyl sites for hydroxylation is 2. The van der Waals surface area contributed by atoms with Crippen LogP contribution in [0.3, 0.4) is 0 Å². The highest BCUT2D eigenvalue weighted by molar-refractivity contribution is 7.13. The van der Waals surface area contributed by atoms with Gasteiger partial charge in [-0.25, -0.2) is 4.98 Å². The Morgan fingerprint density at radius 3 is 3.00 bits per heavy atom. The van der Waals surface area contributed by atoms with Crippen LogP contribution in [0.2, 0.25) is 0 Å². The van der Waals surface area contributed by atoms with Crippen LogP contribution < -0.4 is 4.89 Å². The van der Waals surface area contributed by atoms with Gasteiger partial charge in [-0.05, 0) is 32.6 Å². The molecule has 0 radical (unpaired) electrons. The fourth-order valence-electron chi connectivity index (χ4n) is 1.47. The Kier molecular flexibility index (Phi) is 2.80. The van der Waals surface area contributed by atoms with Crippen molar-refractivity contribution in [2.75, 3.05) is 6.61 Å². The van der Waals surface area contributed by atoms with Gasteiger partial charge < -0.3 is 4.89 Å². The molecule has 0 atom stereocenters. The lowest BCUT2D eigenvalue weighted by atomic mass is 10.0.